The highest BCUT2D eigenvalue weighted by Gasteiger charge is 2.07. The Morgan fingerprint density at radius 1 is 1.22 bits per heavy atom. The lowest BCUT2D eigenvalue weighted by Gasteiger charge is -2.16. The lowest BCUT2D eigenvalue weighted by Crippen LogP contribution is -2.16. The second-order valence-electron chi connectivity index (χ2n) is 4.50. The van der Waals surface area contributed by atoms with Gasteiger partial charge in [-0.25, -0.2) is 0 Å². The smallest absolute Gasteiger partial charge is 0.303 e. The second-order valence-corrected chi connectivity index (χ2v) is 4.50. The summed E-state index contributed by atoms with van der Waals surface area (Å²) in [4.78, 5) is 10.5. The molecule has 3 heteroatoms. The standard InChI is InChI=1S/C15H17NO2/c1-11(9-10-15(17)18)16-14-8-4-6-12-5-2-3-7-13(12)14/h2-8,11,16H,9-10H2,1H3,(H,17,18). The fourth-order valence-electron chi connectivity index (χ4n) is 2.03. The van der Waals surface area contributed by atoms with E-state index in [1.54, 1.807) is 0 Å². The zero-order valence-corrected chi connectivity index (χ0v) is 10.4. The summed E-state index contributed by atoms with van der Waals surface area (Å²) in [5.74, 6) is -0.749. The largest absolute Gasteiger partial charge is 0.481 e. The Bertz CT molecular complexity index is 546. The molecule has 0 bridgehead atoms. The molecular weight excluding hydrogens is 226 g/mol. The maximum Gasteiger partial charge on any atom is 0.303 e. The first-order valence-corrected chi connectivity index (χ1v) is 6.13. The molecule has 2 aromatic rings. The Morgan fingerprint density at radius 2 is 1.94 bits per heavy atom. The first-order chi connectivity index (χ1) is 8.66. The van der Waals surface area contributed by atoms with Crippen molar-refractivity contribution >= 4 is 22.4 Å². The van der Waals surface area contributed by atoms with Gasteiger partial charge in [0.05, 0.1) is 0 Å². The van der Waals surface area contributed by atoms with E-state index in [1.807, 2.05) is 31.2 Å². The Labute approximate surface area is 106 Å². The topological polar surface area (TPSA) is 49.3 Å². The number of nitrogens with one attached hydrogen (secondary N) is 1. The maximum absolute atomic E-state index is 10.5. The van der Waals surface area contributed by atoms with Gasteiger partial charge in [-0.2, -0.15) is 0 Å². The van der Waals surface area contributed by atoms with Gasteiger partial charge in [0.1, 0.15) is 0 Å². The third-order valence-corrected chi connectivity index (χ3v) is 2.98. The molecule has 0 aliphatic heterocycles. The first kappa shape index (κ1) is 12.4. The molecule has 1 unspecified atom stereocenters. The van der Waals surface area contributed by atoms with Gasteiger partial charge in [0.15, 0.2) is 0 Å². The predicted octanol–water partition coefficient (Wildman–Crippen LogP) is 3.51. The van der Waals surface area contributed by atoms with E-state index in [0.29, 0.717) is 6.42 Å². The van der Waals surface area contributed by atoms with Crippen molar-refractivity contribution in [3.05, 3.63) is 42.5 Å². The van der Waals surface area contributed by atoms with Crippen molar-refractivity contribution in [2.45, 2.75) is 25.8 Å². The average Bonchev–Trinajstić information content (AvgIpc) is 2.37. The van der Waals surface area contributed by atoms with Crippen molar-refractivity contribution in [3.8, 4) is 0 Å². The van der Waals surface area contributed by atoms with Crippen LogP contribution in [0.1, 0.15) is 19.8 Å². The minimum Gasteiger partial charge on any atom is -0.481 e. The molecule has 0 heterocycles. The lowest BCUT2D eigenvalue weighted by molar-refractivity contribution is -0.137. The second kappa shape index (κ2) is 5.54. The molecule has 2 N–H and O–H groups in total. The van der Waals surface area contributed by atoms with Gasteiger partial charge in [-0.05, 0) is 24.8 Å². The van der Waals surface area contributed by atoms with Crippen LogP contribution in [0, 0.1) is 0 Å². The summed E-state index contributed by atoms with van der Waals surface area (Å²) >= 11 is 0. The number of fused-ring (bicyclic) bond motifs is 1. The average molecular weight is 243 g/mol. The maximum atomic E-state index is 10.5. The van der Waals surface area contributed by atoms with Crippen LogP contribution in [0.5, 0.6) is 0 Å². The summed E-state index contributed by atoms with van der Waals surface area (Å²) in [5.41, 5.74) is 1.06. The van der Waals surface area contributed by atoms with Crippen molar-refractivity contribution in [2.24, 2.45) is 0 Å². The summed E-state index contributed by atoms with van der Waals surface area (Å²) in [6.07, 6.45) is 0.817. The molecular formula is C15H17NO2. The molecule has 0 saturated heterocycles. The molecule has 0 fully saturated rings. The quantitative estimate of drug-likeness (QED) is 0.845. The van der Waals surface area contributed by atoms with Gasteiger partial charge in [-0.3, -0.25) is 4.79 Å². The number of benzene rings is 2. The van der Waals surface area contributed by atoms with Crippen LogP contribution >= 0.6 is 0 Å². The number of carboxylic acid groups (broad SMARTS) is 1. The molecule has 0 amide bonds. The van der Waals surface area contributed by atoms with Crippen LogP contribution in [-0.4, -0.2) is 17.1 Å². The minimum atomic E-state index is -0.749. The fourth-order valence-corrected chi connectivity index (χ4v) is 2.03. The van der Waals surface area contributed by atoms with Crippen molar-refractivity contribution in [1.82, 2.24) is 0 Å². The van der Waals surface area contributed by atoms with Crippen LogP contribution in [0.3, 0.4) is 0 Å². The van der Waals surface area contributed by atoms with E-state index in [4.69, 9.17) is 5.11 Å². The molecule has 0 aliphatic rings. The molecule has 94 valence electrons. The molecule has 0 spiro atoms. The van der Waals surface area contributed by atoms with E-state index in [0.717, 1.165) is 5.69 Å². The van der Waals surface area contributed by atoms with Crippen molar-refractivity contribution in [1.29, 1.82) is 0 Å². The zero-order valence-electron chi connectivity index (χ0n) is 10.4. The van der Waals surface area contributed by atoms with Crippen LogP contribution in [0.2, 0.25) is 0 Å². The van der Waals surface area contributed by atoms with Crippen LogP contribution in [0.25, 0.3) is 10.8 Å². The molecule has 0 aromatic heterocycles. The van der Waals surface area contributed by atoms with E-state index < -0.39 is 5.97 Å². The minimum absolute atomic E-state index is 0.145. The third kappa shape index (κ3) is 3.00. The molecule has 0 aliphatic carbocycles. The van der Waals surface area contributed by atoms with Crippen LogP contribution in [0.4, 0.5) is 5.69 Å². The van der Waals surface area contributed by atoms with Gasteiger partial charge in [-0.15, -0.1) is 0 Å². The molecule has 3 nitrogen and oxygen atoms in total. The van der Waals surface area contributed by atoms with Gasteiger partial charge in [0.2, 0.25) is 0 Å². The van der Waals surface area contributed by atoms with Gasteiger partial charge in [0, 0.05) is 23.5 Å². The zero-order chi connectivity index (χ0) is 13.0. The highest BCUT2D eigenvalue weighted by Crippen LogP contribution is 2.24. The summed E-state index contributed by atoms with van der Waals surface area (Å²) in [5, 5.41) is 14.4. The highest BCUT2D eigenvalue weighted by atomic mass is 16.4. The van der Waals surface area contributed by atoms with Crippen LogP contribution in [0.15, 0.2) is 42.5 Å². The molecule has 0 saturated carbocycles. The van der Waals surface area contributed by atoms with E-state index in [9.17, 15) is 4.79 Å². The summed E-state index contributed by atoms with van der Waals surface area (Å²) in [6.45, 7) is 2.00. The molecule has 1 atom stereocenters. The lowest BCUT2D eigenvalue weighted by atomic mass is 10.1. The normalized spacial score (nSPS) is 12.3. The number of hydrogen-bond donors (Lipinski definition) is 2. The van der Waals surface area contributed by atoms with Crippen molar-refractivity contribution in [2.75, 3.05) is 5.32 Å². The van der Waals surface area contributed by atoms with Crippen LogP contribution in [-0.2, 0) is 4.79 Å². The van der Waals surface area contributed by atoms with Gasteiger partial charge < -0.3 is 10.4 Å². The van der Waals surface area contributed by atoms with Gasteiger partial charge in [-0.1, -0.05) is 36.4 Å². The van der Waals surface area contributed by atoms with Gasteiger partial charge in [0.25, 0.3) is 0 Å². The van der Waals surface area contributed by atoms with Crippen molar-refractivity contribution < 1.29 is 9.90 Å². The summed E-state index contributed by atoms with van der Waals surface area (Å²) in [7, 11) is 0. The monoisotopic (exact) mass is 243 g/mol. The van der Waals surface area contributed by atoms with Gasteiger partial charge >= 0.3 is 5.97 Å². The van der Waals surface area contributed by atoms with Crippen LogP contribution < -0.4 is 5.32 Å². The number of carboxylic acids is 1. The predicted molar refractivity (Wildman–Crippen MR) is 73.9 cm³/mol. The van der Waals surface area contributed by atoms with E-state index >= 15 is 0 Å². The summed E-state index contributed by atoms with van der Waals surface area (Å²) in [6, 6.07) is 14.4. The Kier molecular flexibility index (Phi) is 3.82. The third-order valence-electron chi connectivity index (χ3n) is 2.98. The highest BCUT2D eigenvalue weighted by molar-refractivity contribution is 5.93. The Balaban J connectivity index is 2.14. The SMILES string of the molecule is CC(CCC(=O)O)Nc1cccc2ccccc12. The van der Waals surface area contributed by atoms with E-state index in [2.05, 4.69) is 23.5 Å². The first-order valence-electron chi connectivity index (χ1n) is 6.13. The fraction of sp³-hybridized carbons (Fsp3) is 0.267. The Morgan fingerprint density at radius 3 is 2.72 bits per heavy atom. The number of carbonyl (C=O) groups is 1. The van der Waals surface area contributed by atoms with Crippen molar-refractivity contribution in [3.63, 3.8) is 0 Å². The van der Waals surface area contributed by atoms with E-state index in [-0.39, 0.29) is 12.5 Å². The Hall–Kier alpha value is -2.03. The van der Waals surface area contributed by atoms with E-state index in [1.165, 1.54) is 10.8 Å². The molecule has 18 heavy (non-hydrogen) atoms. The number of rotatable bonds is 5. The molecule has 2 aromatic carbocycles. The number of anilines is 1. The number of aliphatic carboxylic acids is 1. The molecule has 2 rings (SSSR count). The number of hydrogen-bond acceptors (Lipinski definition) is 2. The summed E-state index contributed by atoms with van der Waals surface area (Å²) < 4.78 is 0. The molecule has 0 radical (unpaired) electrons.